The molecule has 0 aliphatic heterocycles. The lowest BCUT2D eigenvalue weighted by Gasteiger charge is -2.22. The monoisotopic (exact) mass is 455 g/mol. The standard InChI is InChI=1S/C19H25N3O2.HI/c1-20-19(21-15-16-9-7-8-12-18(16)23-3)22(2)13-14-24-17-10-5-4-6-11-17;/h4-12H,13-15H2,1-3H3,(H,20,21);1H. The molecule has 0 amide bonds. The van der Waals surface area contributed by atoms with E-state index in [9.17, 15) is 0 Å². The summed E-state index contributed by atoms with van der Waals surface area (Å²) in [5.41, 5.74) is 1.09. The minimum atomic E-state index is 0. The van der Waals surface area contributed by atoms with Gasteiger partial charge in [-0.05, 0) is 18.2 Å². The quantitative estimate of drug-likeness (QED) is 0.395. The third kappa shape index (κ3) is 6.81. The Balaban J connectivity index is 0.00000312. The molecule has 0 spiro atoms. The predicted molar refractivity (Wildman–Crippen MR) is 113 cm³/mol. The Morgan fingerprint density at radius 2 is 1.76 bits per heavy atom. The lowest BCUT2D eigenvalue weighted by molar-refractivity contribution is 0.281. The van der Waals surface area contributed by atoms with Crippen molar-refractivity contribution in [1.82, 2.24) is 10.2 Å². The molecule has 0 atom stereocenters. The fourth-order valence-corrected chi connectivity index (χ4v) is 2.33. The zero-order valence-electron chi connectivity index (χ0n) is 14.9. The molecule has 5 nitrogen and oxygen atoms in total. The van der Waals surface area contributed by atoms with Crippen molar-refractivity contribution in [2.45, 2.75) is 6.54 Å². The van der Waals surface area contributed by atoms with E-state index in [0.29, 0.717) is 13.2 Å². The lowest BCUT2D eigenvalue weighted by atomic mass is 10.2. The Kier molecular flexibility index (Phi) is 9.76. The highest BCUT2D eigenvalue weighted by molar-refractivity contribution is 14.0. The van der Waals surface area contributed by atoms with E-state index in [1.165, 1.54) is 0 Å². The van der Waals surface area contributed by atoms with Gasteiger partial charge in [-0.15, -0.1) is 24.0 Å². The number of rotatable bonds is 7. The molecule has 1 N–H and O–H groups in total. The van der Waals surface area contributed by atoms with E-state index >= 15 is 0 Å². The molecular formula is C19H26IN3O2. The Morgan fingerprint density at radius 1 is 1.08 bits per heavy atom. The van der Waals surface area contributed by atoms with Crippen molar-refractivity contribution in [3.63, 3.8) is 0 Å². The fraction of sp³-hybridized carbons (Fsp3) is 0.316. The van der Waals surface area contributed by atoms with Gasteiger partial charge in [0.25, 0.3) is 0 Å². The summed E-state index contributed by atoms with van der Waals surface area (Å²) in [6.45, 7) is 1.98. The number of methoxy groups -OCH3 is 1. The van der Waals surface area contributed by atoms with Gasteiger partial charge in [0.05, 0.1) is 13.7 Å². The van der Waals surface area contributed by atoms with Crippen molar-refractivity contribution < 1.29 is 9.47 Å². The number of hydrogen-bond acceptors (Lipinski definition) is 3. The largest absolute Gasteiger partial charge is 0.496 e. The summed E-state index contributed by atoms with van der Waals surface area (Å²) in [4.78, 5) is 6.36. The van der Waals surface area contributed by atoms with E-state index in [2.05, 4.69) is 10.3 Å². The number of likely N-dealkylation sites (N-methyl/N-ethyl adjacent to an activating group) is 1. The van der Waals surface area contributed by atoms with Crippen molar-refractivity contribution in [3.8, 4) is 11.5 Å². The van der Waals surface area contributed by atoms with Gasteiger partial charge in [0.2, 0.25) is 0 Å². The summed E-state index contributed by atoms with van der Waals surface area (Å²) in [6, 6.07) is 17.8. The smallest absolute Gasteiger partial charge is 0.193 e. The van der Waals surface area contributed by atoms with Gasteiger partial charge in [0.15, 0.2) is 5.96 Å². The summed E-state index contributed by atoms with van der Waals surface area (Å²) in [5.74, 6) is 2.57. The van der Waals surface area contributed by atoms with E-state index in [4.69, 9.17) is 9.47 Å². The molecule has 0 saturated carbocycles. The van der Waals surface area contributed by atoms with Gasteiger partial charge in [0, 0.05) is 26.2 Å². The van der Waals surface area contributed by atoms with Crippen LogP contribution in [0.3, 0.4) is 0 Å². The summed E-state index contributed by atoms with van der Waals surface area (Å²) < 4.78 is 11.1. The highest BCUT2D eigenvalue weighted by atomic mass is 127. The minimum Gasteiger partial charge on any atom is -0.496 e. The minimum absolute atomic E-state index is 0. The van der Waals surface area contributed by atoms with Crippen LogP contribution in [0.2, 0.25) is 0 Å². The van der Waals surface area contributed by atoms with E-state index in [0.717, 1.165) is 29.6 Å². The fourth-order valence-electron chi connectivity index (χ4n) is 2.33. The number of hydrogen-bond donors (Lipinski definition) is 1. The summed E-state index contributed by atoms with van der Waals surface area (Å²) in [6.07, 6.45) is 0. The second-order valence-corrected chi connectivity index (χ2v) is 5.30. The summed E-state index contributed by atoms with van der Waals surface area (Å²) in [7, 11) is 5.45. The summed E-state index contributed by atoms with van der Waals surface area (Å²) in [5, 5.41) is 3.35. The first-order valence-electron chi connectivity index (χ1n) is 7.96. The average molecular weight is 455 g/mol. The van der Waals surface area contributed by atoms with Gasteiger partial charge in [-0.1, -0.05) is 36.4 Å². The first-order chi connectivity index (χ1) is 11.7. The maximum Gasteiger partial charge on any atom is 0.193 e. The number of nitrogens with zero attached hydrogens (tertiary/aromatic N) is 2. The van der Waals surface area contributed by atoms with E-state index in [1.807, 2.05) is 66.5 Å². The normalized spacial score (nSPS) is 10.6. The molecule has 0 radical (unpaired) electrons. The van der Waals surface area contributed by atoms with Crippen molar-refractivity contribution in [2.75, 3.05) is 34.4 Å². The zero-order chi connectivity index (χ0) is 17.2. The lowest BCUT2D eigenvalue weighted by Crippen LogP contribution is -2.40. The number of aliphatic imine (C=N–C) groups is 1. The van der Waals surface area contributed by atoms with Crippen LogP contribution in [-0.4, -0.2) is 45.2 Å². The molecule has 2 aromatic rings. The van der Waals surface area contributed by atoms with Crippen LogP contribution in [0.1, 0.15) is 5.56 Å². The molecule has 0 unspecified atom stereocenters. The zero-order valence-corrected chi connectivity index (χ0v) is 17.3. The second kappa shape index (κ2) is 11.6. The van der Waals surface area contributed by atoms with Crippen LogP contribution >= 0.6 is 24.0 Å². The molecule has 136 valence electrons. The molecule has 6 heteroatoms. The van der Waals surface area contributed by atoms with Gasteiger partial charge in [-0.25, -0.2) is 0 Å². The maximum atomic E-state index is 5.73. The van der Waals surface area contributed by atoms with Crippen molar-refractivity contribution in [3.05, 3.63) is 60.2 Å². The van der Waals surface area contributed by atoms with E-state index < -0.39 is 0 Å². The highest BCUT2D eigenvalue weighted by Crippen LogP contribution is 2.16. The van der Waals surface area contributed by atoms with Crippen LogP contribution in [0.15, 0.2) is 59.6 Å². The maximum absolute atomic E-state index is 5.73. The Morgan fingerprint density at radius 3 is 2.44 bits per heavy atom. The van der Waals surface area contributed by atoms with Crippen LogP contribution in [-0.2, 0) is 6.54 Å². The van der Waals surface area contributed by atoms with E-state index in [1.54, 1.807) is 14.2 Å². The SMILES string of the molecule is CN=C(NCc1ccccc1OC)N(C)CCOc1ccccc1.I. The Labute approximate surface area is 167 Å². The third-order valence-corrected chi connectivity index (χ3v) is 3.64. The number of benzene rings is 2. The molecule has 25 heavy (non-hydrogen) atoms. The molecule has 0 bridgehead atoms. The van der Waals surface area contributed by atoms with Crippen LogP contribution in [0.5, 0.6) is 11.5 Å². The van der Waals surface area contributed by atoms with Crippen LogP contribution < -0.4 is 14.8 Å². The third-order valence-electron chi connectivity index (χ3n) is 3.64. The van der Waals surface area contributed by atoms with Gasteiger partial charge in [-0.3, -0.25) is 4.99 Å². The number of nitrogens with one attached hydrogen (secondary N) is 1. The predicted octanol–water partition coefficient (Wildman–Crippen LogP) is 3.40. The second-order valence-electron chi connectivity index (χ2n) is 5.30. The van der Waals surface area contributed by atoms with Gasteiger partial charge in [0.1, 0.15) is 18.1 Å². The molecule has 0 aliphatic rings. The molecule has 2 rings (SSSR count). The first kappa shape index (κ1) is 21.1. The molecular weight excluding hydrogens is 429 g/mol. The summed E-state index contributed by atoms with van der Waals surface area (Å²) >= 11 is 0. The van der Waals surface area contributed by atoms with Crippen LogP contribution in [0.4, 0.5) is 0 Å². The number of halogens is 1. The average Bonchev–Trinajstić information content (AvgIpc) is 2.63. The molecule has 0 heterocycles. The van der Waals surface area contributed by atoms with Crippen molar-refractivity contribution >= 4 is 29.9 Å². The van der Waals surface area contributed by atoms with Gasteiger partial charge >= 0.3 is 0 Å². The molecule has 0 saturated heterocycles. The van der Waals surface area contributed by atoms with Crippen LogP contribution in [0, 0.1) is 0 Å². The highest BCUT2D eigenvalue weighted by Gasteiger charge is 2.07. The molecule has 0 fully saturated rings. The molecule has 0 aliphatic carbocycles. The topological polar surface area (TPSA) is 46.1 Å². The number of para-hydroxylation sites is 2. The van der Waals surface area contributed by atoms with E-state index in [-0.39, 0.29) is 24.0 Å². The van der Waals surface area contributed by atoms with Gasteiger partial charge < -0.3 is 19.7 Å². The Bertz CT molecular complexity index is 650. The van der Waals surface area contributed by atoms with Crippen molar-refractivity contribution in [1.29, 1.82) is 0 Å². The van der Waals surface area contributed by atoms with Gasteiger partial charge in [-0.2, -0.15) is 0 Å². The number of guanidine groups is 1. The van der Waals surface area contributed by atoms with Crippen LogP contribution in [0.25, 0.3) is 0 Å². The Hall–Kier alpha value is -1.96. The molecule has 2 aromatic carbocycles. The first-order valence-corrected chi connectivity index (χ1v) is 7.96. The molecule has 0 aromatic heterocycles. The number of ether oxygens (including phenoxy) is 2. The van der Waals surface area contributed by atoms with Crippen molar-refractivity contribution in [2.24, 2.45) is 4.99 Å².